The summed E-state index contributed by atoms with van der Waals surface area (Å²) in [6.07, 6.45) is 7.64. The number of terminal acetylenes is 1. The Morgan fingerprint density at radius 1 is 1.14 bits per heavy atom. The molecule has 0 aliphatic rings. The summed E-state index contributed by atoms with van der Waals surface area (Å²) in [6.45, 7) is 12.5. The molecule has 0 bridgehead atoms. The summed E-state index contributed by atoms with van der Waals surface area (Å²) in [6, 6.07) is 8.93. The molecule has 2 nitrogen and oxygen atoms in total. The van der Waals surface area contributed by atoms with Crippen molar-refractivity contribution in [1.29, 1.82) is 0 Å². The van der Waals surface area contributed by atoms with Gasteiger partial charge in [-0.3, -0.25) is 4.90 Å². The van der Waals surface area contributed by atoms with Crippen LogP contribution in [0, 0.1) is 12.3 Å². The van der Waals surface area contributed by atoms with Crippen molar-refractivity contribution in [3.05, 3.63) is 35.4 Å². The summed E-state index contributed by atoms with van der Waals surface area (Å²) in [5.41, 5.74) is 2.91. The lowest BCUT2D eigenvalue weighted by molar-refractivity contribution is 0.299. The molecule has 1 aromatic rings. The lowest BCUT2D eigenvalue weighted by atomic mass is 10.1. The molecule has 0 amide bonds. The molecule has 0 unspecified atom stereocenters. The molecule has 2 heteroatoms. The van der Waals surface area contributed by atoms with Gasteiger partial charge in [-0.15, -0.1) is 6.42 Å². The maximum Gasteiger partial charge on any atom is 0.0601 e. The van der Waals surface area contributed by atoms with Crippen molar-refractivity contribution < 1.29 is 0 Å². The summed E-state index contributed by atoms with van der Waals surface area (Å²) < 4.78 is 0. The molecule has 0 saturated heterocycles. The number of rotatable bonds is 8. The molecule has 0 saturated carbocycles. The van der Waals surface area contributed by atoms with Crippen molar-refractivity contribution in [1.82, 2.24) is 10.2 Å². The highest BCUT2D eigenvalue weighted by Crippen LogP contribution is 2.09. The zero-order valence-corrected chi connectivity index (χ0v) is 14.1. The quantitative estimate of drug-likeness (QED) is 0.736. The van der Waals surface area contributed by atoms with Crippen LogP contribution >= 0.6 is 0 Å². The van der Waals surface area contributed by atoms with E-state index in [1.165, 1.54) is 11.1 Å². The van der Waals surface area contributed by atoms with Crippen LogP contribution in [0.1, 0.15) is 45.2 Å². The molecule has 0 aliphatic heterocycles. The average molecular weight is 286 g/mol. The van der Waals surface area contributed by atoms with Crippen LogP contribution in [-0.4, -0.2) is 30.1 Å². The van der Waals surface area contributed by atoms with Gasteiger partial charge in [0, 0.05) is 12.1 Å². The minimum atomic E-state index is 0.190. The Balaban J connectivity index is 2.47. The van der Waals surface area contributed by atoms with E-state index in [9.17, 15) is 0 Å². The van der Waals surface area contributed by atoms with E-state index in [0.29, 0.717) is 0 Å². The summed E-state index contributed by atoms with van der Waals surface area (Å²) in [5.74, 6) is 2.74. The molecule has 21 heavy (non-hydrogen) atoms. The van der Waals surface area contributed by atoms with E-state index in [-0.39, 0.29) is 5.54 Å². The fourth-order valence-electron chi connectivity index (χ4n) is 2.31. The molecular weight excluding hydrogens is 256 g/mol. The van der Waals surface area contributed by atoms with Crippen molar-refractivity contribution in [3.8, 4) is 12.3 Å². The highest BCUT2D eigenvalue weighted by molar-refractivity contribution is 5.23. The Morgan fingerprint density at radius 3 is 2.29 bits per heavy atom. The molecule has 0 atom stereocenters. The number of hydrogen-bond donors (Lipinski definition) is 1. The van der Waals surface area contributed by atoms with Gasteiger partial charge < -0.3 is 5.32 Å². The van der Waals surface area contributed by atoms with Gasteiger partial charge in [0.1, 0.15) is 0 Å². The van der Waals surface area contributed by atoms with E-state index in [0.717, 1.165) is 39.0 Å². The van der Waals surface area contributed by atoms with Gasteiger partial charge in [-0.2, -0.15) is 0 Å². The van der Waals surface area contributed by atoms with E-state index < -0.39 is 0 Å². The van der Waals surface area contributed by atoms with E-state index in [4.69, 9.17) is 6.42 Å². The molecule has 0 fully saturated rings. The normalized spacial score (nSPS) is 11.6. The van der Waals surface area contributed by atoms with Gasteiger partial charge in [-0.05, 0) is 57.8 Å². The molecule has 1 rings (SSSR count). The second-order valence-electron chi connectivity index (χ2n) is 6.66. The molecule has 0 radical (unpaired) electrons. The van der Waals surface area contributed by atoms with E-state index in [1.807, 2.05) is 0 Å². The smallest absolute Gasteiger partial charge is 0.0601 e. The van der Waals surface area contributed by atoms with E-state index in [1.54, 1.807) is 0 Å². The third kappa shape index (κ3) is 7.90. The first-order valence-electron chi connectivity index (χ1n) is 7.93. The molecule has 1 aromatic carbocycles. The van der Waals surface area contributed by atoms with Crippen molar-refractivity contribution >= 4 is 0 Å². The zero-order chi connectivity index (χ0) is 15.7. The minimum Gasteiger partial charge on any atom is -0.312 e. The summed E-state index contributed by atoms with van der Waals surface area (Å²) in [7, 11) is 0. The van der Waals surface area contributed by atoms with Crippen LogP contribution in [0.4, 0.5) is 0 Å². The van der Waals surface area contributed by atoms with Crippen LogP contribution in [0.25, 0.3) is 0 Å². The number of nitrogens with zero attached hydrogens (tertiary/aromatic N) is 1. The zero-order valence-electron chi connectivity index (χ0n) is 14.1. The van der Waals surface area contributed by atoms with E-state index >= 15 is 0 Å². The number of nitrogens with one attached hydrogen (secondary N) is 1. The van der Waals surface area contributed by atoms with Crippen molar-refractivity contribution in [2.45, 2.75) is 52.6 Å². The molecular formula is C19H30N2. The first kappa shape index (κ1) is 17.8. The SMILES string of the molecule is C#CCN(CCC)Cc1ccc(CCNC(C)(C)C)cc1. The topological polar surface area (TPSA) is 15.3 Å². The first-order chi connectivity index (χ1) is 9.94. The highest BCUT2D eigenvalue weighted by Gasteiger charge is 2.08. The summed E-state index contributed by atoms with van der Waals surface area (Å²) in [5, 5.41) is 3.52. The summed E-state index contributed by atoms with van der Waals surface area (Å²) >= 11 is 0. The molecule has 116 valence electrons. The molecule has 1 N–H and O–H groups in total. The van der Waals surface area contributed by atoms with Crippen LogP contribution in [0.2, 0.25) is 0 Å². The Labute approximate surface area is 130 Å². The highest BCUT2D eigenvalue weighted by atomic mass is 15.1. The molecule has 0 heterocycles. The van der Waals surface area contributed by atoms with Crippen molar-refractivity contribution in [3.63, 3.8) is 0 Å². The second kappa shape index (κ2) is 8.87. The van der Waals surface area contributed by atoms with E-state index in [2.05, 4.69) is 68.1 Å². The monoisotopic (exact) mass is 286 g/mol. The Bertz CT molecular complexity index is 434. The van der Waals surface area contributed by atoms with Crippen molar-refractivity contribution in [2.75, 3.05) is 19.6 Å². The predicted octanol–water partition coefficient (Wildman–Crippen LogP) is 3.46. The molecule has 0 spiro atoms. The van der Waals surface area contributed by atoms with Crippen LogP contribution in [0.5, 0.6) is 0 Å². The van der Waals surface area contributed by atoms with Gasteiger partial charge >= 0.3 is 0 Å². The lowest BCUT2D eigenvalue weighted by Crippen LogP contribution is -2.37. The van der Waals surface area contributed by atoms with Crippen LogP contribution in [-0.2, 0) is 13.0 Å². The van der Waals surface area contributed by atoms with Crippen LogP contribution in [0.15, 0.2) is 24.3 Å². The van der Waals surface area contributed by atoms with Crippen molar-refractivity contribution in [2.24, 2.45) is 0 Å². The third-order valence-electron chi connectivity index (χ3n) is 3.35. The summed E-state index contributed by atoms with van der Waals surface area (Å²) in [4.78, 5) is 2.32. The van der Waals surface area contributed by atoms with Gasteiger partial charge in [0.15, 0.2) is 0 Å². The standard InChI is InChI=1S/C19H30N2/c1-6-14-21(15-7-2)16-18-10-8-17(9-11-18)12-13-20-19(3,4)5/h1,8-11,20H,7,12-16H2,2-5H3. The fourth-order valence-corrected chi connectivity index (χ4v) is 2.31. The van der Waals surface area contributed by atoms with Crippen LogP contribution in [0.3, 0.4) is 0 Å². The Morgan fingerprint density at radius 2 is 1.76 bits per heavy atom. The predicted molar refractivity (Wildman–Crippen MR) is 92.3 cm³/mol. The minimum absolute atomic E-state index is 0.190. The number of hydrogen-bond acceptors (Lipinski definition) is 2. The maximum atomic E-state index is 5.43. The largest absolute Gasteiger partial charge is 0.312 e. The Kier molecular flexibility index (Phi) is 7.50. The van der Waals surface area contributed by atoms with Gasteiger partial charge in [-0.25, -0.2) is 0 Å². The van der Waals surface area contributed by atoms with Gasteiger partial charge in [0.25, 0.3) is 0 Å². The fraction of sp³-hybridized carbons (Fsp3) is 0.579. The van der Waals surface area contributed by atoms with Gasteiger partial charge in [0.05, 0.1) is 6.54 Å². The van der Waals surface area contributed by atoms with Gasteiger partial charge in [-0.1, -0.05) is 37.1 Å². The van der Waals surface area contributed by atoms with Gasteiger partial charge in [0.2, 0.25) is 0 Å². The molecule has 0 aliphatic carbocycles. The van der Waals surface area contributed by atoms with Crippen LogP contribution < -0.4 is 5.32 Å². The Hall–Kier alpha value is -1.30. The third-order valence-corrected chi connectivity index (χ3v) is 3.35. The average Bonchev–Trinajstić information content (AvgIpc) is 2.40. The number of benzene rings is 1. The second-order valence-corrected chi connectivity index (χ2v) is 6.66. The lowest BCUT2D eigenvalue weighted by Gasteiger charge is -2.21. The first-order valence-corrected chi connectivity index (χ1v) is 7.93. The molecule has 0 aromatic heterocycles. The maximum absolute atomic E-state index is 5.43.